The minimum absolute atomic E-state index is 0.251. The second-order valence-electron chi connectivity index (χ2n) is 5.81. The van der Waals surface area contributed by atoms with Crippen LogP contribution in [0.3, 0.4) is 0 Å². The summed E-state index contributed by atoms with van der Waals surface area (Å²) in [7, 11) is 0. The van der Waals surface area contributed by atoms with Crippen molar-refractivity contribution in [2.24, 2.45) is 0 Å². The molecule has 0 atom stereocenters. The molecule has 0 aliphatic carbocycles. The van der Waals surface area contributed by atoms with Crippen LogP contribution in [0, 0.1) is 6.92 Å². The lowest BCUT2D eigenvalue weighted by molar-refractivity contribution is 0.103. The lowest BCUT2D eigenvalue weighted by Crippen LogP contribution is -2.10. The van der Waals surface area contributed by atoms with Crippen molar-refractivity contribution in [1.29, 1.82) is 0 Å². The maximum Gasteiger partial charge on any atom is 0.336 e. The molecule has 2 aromatic carbocycles. The monoisotopic (exact) mass is 362 g/mol. The third-order valence-electron chi connectivity index (χ3n) is 3.96. The molecule has 0 aliphatic rings. The van der Waals surface area contributed by atoms with E-state index in [0.717, 1.165) is 21.5 Å². The molecule has 0 saturated heterocycles. The number of fused-ring (bicyclic) bond motifs is 1. The second kappa shape index (κ2) is 6.57. The quantitative estimate of drug-likeness (QED) is 0.546. The number of nitrogens with one attached hydrogen (secondary N) is 1. The zero-order valence-corrected chi connectivity index (χ0v) is 14.7. The number of hydrogen-bond acceptors (Lipinski definition) is 5. The Balaban J connectivity index is 1.60. The van der Waals surface area contributed by atoms with Crippen LogP contribution in [0.25, 0.3) is 21.5 Å². The minimum atomic E-state index is -0.409. The van der Waals surface area contributed by atoms with Gasteiger partial charge in [0.2, 0.25) is 0 Å². The first-order valence-corrected chi connectivity index (χ1v) is 8.79. The van der Waals surface area contributed by atoms with E-state index < -0.39 is 5.63 Å². The van der Waals surface area contributed by atoms with Gasteiger partial charge in [0.05, 0.1) is 6.20 Å². The average molecular weight is 362 g/mol. The molecule has 4 aromatic rings. The van der Waals surface area contributed by atoms with Crippen LogP contribution in [-0.2, 0) is 0 Å². The van der Waals surface area contributed by atoms with Crippen LogP contribution in [0.1, 0.15) is 15.2 Å². The van der Waals surface area contributed by atoms with Crippen LogP contribution >= 0.6 is 11.3 Å². The molecule has 6 heteroatoms. The zero-order chi connectivity index (χ0) is 18.1. The summed E-state index contributed by atoms with van der Waals surface area (Å²) < 4.78 is 5.22. The highest BCUT2D eigenvalue weighted by Crippen LogP contribution is 2.26. The number of benzene rings is 2. The summed E-state index contributed by atoms with van der Waals surface area (Å²) in [6.07, 6.45) is 1.56. The molecule has 4 rings (SSSR count). The number of rotatable bonds is 3. The van der Waals surface area contributed by atoms with E-state index >= 15 is 0 Å². The van der Waals surface area contributed by atoms with Crippen LogP contribution < -0.4 is 10.9 Å². The van der Waals surface area contributed by atoms with Crippen molar-refractivity contribution in [3.05, 3.63) is 81.7 Å². The lowest BCUT2D eigenvalue weighted by Gasteiger charge is -2.05. The van der Waals surface area contributed by atoms with Gasteiger partial charge in [0.25, 0.3) is 5.91 Å². The van der Waals surface area contributed by atoms with Gasteiger partial charge in [0.1, 0.15) is 15.5 Å². The predicted octanol–water partition coefficient (Wildman–Crippen LogP) is 4.48. The first-order chi connectivity index (χ1) is 12.6. The summed E-state index contributed by atoms with van der Waals surface area (Å²) in [5.41, 5.74) is 2.41. The summed E-state index contributed by atoms with van der Waals surface area (Å²) in [6, 6.07) is 16.4. The van der Waals surface area contributed by atoms with Crippen LogP contribution in [0.5, 0.6) is 0 Å². The van der Waals surface area contributed by atoms with Crippen LogP contribution in [0.15, 0.2) is 70.0 Å². The van der Waals surface area contributed by atoms with Crippen molar-refractivity contribution in [3.63, 3.8) is 0 Å². The first-order valence-electron chi connectivity index (χ1n) is 7.97. The Labute approximate surface area is 152 Å². The summed E-state index contributed by atoms with van der Waals surface area (Å²) >= 11 is 1.33. The van der Waals surface area contributed by atoms with Crippen LogP contribution in [0.4, 0.5) is 5.69 Å². The number of amides is 1. The number of anilines is 1. The van der Waals surface area contributed by atoms with E-state index in [9.17, 15) is 9.59 Å². The summed E-state index contributed by atoms with van der Waals surface area (Å²) in [6.45, 7) is 1.85. The topological polar surface area (TPSA) is 72.2 Å². The van der Waals surface area contributed by atoms with E-state index in [4.69, 9.17) is 4.42 Å². The number of carbonyl (C=O) groups excluding carboxylic acids is 1. The molecule has 0 fully saturated rings. The number of nitrogens with zero attached hydrogens (tertiary/aromatic N) is 1. The van der Waals surface area contributed by atoms with Gasteiger partial charge in [-0.05, 0) is 24.6 Å². The number of thiazole rings is 1. The van der Waals surface area contributed by atoms with Gasteiger partial charge in [-0.15, -0.1) is 11.3 Å². The van der Waals surface area contributed by atoms with Crippen molar-refractivity contribution in [2.75, 3.05) is 5.32 Å². The molecule has 5 nitrogen and oxygen atoms in total. The lowest BCUT2D eigenvalue weighted by atomic mass is 10.1. The van der Waals surface area contributed by atoms with Crippen molar-refractivity contribution >= 4 is 33.9 Å². The Kier molecular flexibility index (Phi) is 4.10. The largest absolute Gasteiger partial charge is 0.423 e. The number of carbonyl (C=O) groups is 1. The number of aryl methyl sites for hydroxylation is 1. The van der Waals surface area contributed by atoms with E-state index in [-0.39, 0.29) is 5.91 Å². The highest BCUT2D eigenvalue weighted by Gasteiger charge is 2.13. The van der Waals surface area contributed by atoms with E-state index in [0.29, 0.717) is 16.1 Å². The zero-order valence-electron chi connectivity index (χ0n) is 13.9. The van der Waals surface area contributed by atoms with E-state index in [2.05, 4.69) is 10.3 Å². The molecule has 2 heterocycles. The van der Waals surface area contributed by atoms with E-state index in [1.165, 1.54) is 17.4 Å². The van der Waals surface area contributed by atoms with Gasteiger partial charge in [0.15, 0.2) is 0 Å². The highest BCUT2D eigenvalue weighted by molar-refractivity contribution is 7.17. The molecular weight excluding hydrogens is 348 g/mol. The van der Waals surface area contributed by atoms with Crippen molar-refractivity contribution in [2.45, 2.75) is 6.92 Å². The van der Waals surface area contributed by atoms with Gasteiger partial charge in [-0.3, -0.25) is 4.79 Å². The maximum absolute atomic E-state index is 12.5. The van der Waals surface area contributed by atoms with E-state index in [1.807, 2.05) is 43.3 Å². The molecule has 1 N–H and O–H groups in total. The Morgan fingerprint density at radius 3 is 2.73 bits per heavy atom. The van der Waals surface area contributed by atoms with Crippen molar-refractivity contribution in [3.8, 4) is 10.6 Å². The molecule has 0 aliphatic heterocycles. The SMILES string of the molecule is Cc1cc(=O)oc2cc(NC(=O)c3cnc(-c4ccccc4)s3)ccc12. The molecule has 0 bridgehead atoms. The third-order valence-corrected chi connectivity index (χ3v) is 5.00. The molecular formula is C20H14N2O3S. The standard InChI is InChI=1S/C20H14N2O3S/c1-12-9-18(23)25-16-10-14(7-8-15(12)16)22-19(24)17-11-21-20(26-17)13-5-3-2-4-6-13/h2-11H,1H3,(H,22,24). The second-order valence-corrected chi connectivity index (χ2v) is 6.84. The smallest absolute Gasteiger partial charge is 0.336 e. The number of aromatic nitrogens is 1. The molecule has 0 spiro atoms. The summed E-state index contributed by atoms with van der Waals surface area (Å²) in [5.74, 6) is -0.251. The third kappa shape index (κ3) is 3.14. The molecule has 2 aromatic heterocycles. The number of hydrogen-bond donors (Lipinski definition) is 1. The van der Waals surface area contributed by atoms with E-state index in [1.54, 1.807) is 18.3 Å². The van der Waals surface area contributed by atoms with Gasteiger partial charge in [-0.1, -0.05) is 30.3 Å². The normalized spacial score (nSPS) is 10.8. The Morgan fingerprint density at radius 1 is 1.12 bits per heavy atom. The Bertz CT molecular complexity index is 1160. The molecule has 26 heavy (non-hydrogen) atoms. The molecule has 0 saturated carbocycles. The first kappa shape index (κ1) is 16.2. The van der Waals surface area contributed by atoms with Crippen molar-refractivity contribution < 1.29 is 9.21 Å². The van der Waals surface area contributed by atoms with Gasteiger partial charge in [-0.2, -0.15) is 0 Å². The maximum atomic E-state index is 12.5. The molecule has 0 radical (unpaired) electrons. The fraction of sp³-hybridized carbons (Fsp3) is 0.0500. The Morgan fingerprint density at radius 2 is 1.92 bits per heavy atom. The minimum Gasteiger partial charge on any atom is -0.423 e. The molecule has 1 amide bonds. The molecule has 128 valence electrons. The highest BCUT2D eigenvalue weighted by atomic mass is 32.1. The van der Waals surface area contributed by atoms with Gasteiger partial charge < -0.3 is 9.73 Å². The fourth-order valence-electron chi connectivity index (χ4n) is 2.69. The van der Waals surface area contributed by atoms with Gasteiger partial charge >= 0.3 is 5.63 Å². The Hall–Kier alpha value is -3.25. The summed E-state index contributed by atoms with van der Waals surface area (Å²) in [4.78, 5) is 28.9. The predicted molar refractivity (Wildman–Crippen MR) is 103 cm³/mol. The average Bonchev–Trinajstić information content (AvgIpc) is 3.12. The summed E-state index contributed by atoms with van der Waals surface area (Å²) in [5, 5.41) is 4.45. The van der Waals surface area contributed by atoms with Crippen LogP contribution in [0.2, 0.25) is 0 Å². The van der Waals surface area contributed by atoms with Gasteiger partial charge in [0, 0.05) is 28.8 Å². The molecule has 0 unspecified atom stereocenters. The fourth-order valence-corrected chi connectivity index (χ4v) is 3.51. The van der Waals surface area contributed by atoms with Crippen molar-refractivity contribution in [1.82, 2.24) is 4.98 Å². The van der Waals surface area contributed by atoms with Gasteiger partial charge in [-0.25, -0.2) is 9.78 Å². The van der Waals surface area contributed by atoms with Crippen LogP contribution in [-0.4, -0.2) is 10.9 Å².